The van der Waals surface area contributed by atoms with E-state index in [0.717, 1.165) is 18.9 Å². The molecule has 0 aromatic heterocycles. The number of nitrogens with two attached hydrogens (primary N) is 1. The van der Waals surface area contributed by atoms with Crippen LogP contribution in [0, 0.1) is 11.8 Å². The molecule has 3 atom stereocenters. The van der Waals surface area contributed by atoms with Crippen molar-refractivity contribution in [2.24, 2.45) is 17.6 Å². The van der Waals surface area contributed by atoms with Crippen molar-refractivity contribution in [3.8, 4) is 0 Å². The summed E-state index contributed by atoms with van der Waals surface area (Å²) in [5, 5.41) is 0. The Morgan fingerprint density at radius 2 is 2.31 bits per heavy atom. The Labute approximate surface area is 80.1 Å². The lowest BCUT2D eigenvalue weighted by atomic mass is 9.78. The molecule has 0 spiro atoms. The van der Waals surface area contributed by atoms with Gasteiger partial charge in [0.1, 0.15) is 0 Å². The van der Waals surface area contributed by atoms with Crippen LogP contribution in [-0.2, 0) is 4.74 Å². The Morgan fingerprint density at radius 1 is 1.62 bits per heavy atom. The van der Waals surface area contributed by atoms with Gasteiger partial charge in [0.25, 0.3) is 0 Å². The first-order valence-electron chi connectivity index (χ1n) is 5.21. The monoisotopic (exact) mass is 181 g/mol. The van der Waals surface area contributed by atoms with E-state index in [1.54, 1.807) is 0 Å². The Kier molecular flexibility index (Phi) is 2.20. The first kappa shape index (κ1) is 9.22. The molecule has 1 saturated carbocycles. The summed E-state index contributed by atoms with van der Waals surface area (Å²) in [6.07, 6.45) is 5.84. The second-order valence-corrected chi connectivity index (χ2v) is 4.52. The summed E-state index contributed by atoms with van der Waals surface area (Å²) >= 11 is 0. The van der Waals surface area contributed by atoms with Gasteiger partial charge in [-0.2, -0.15) is 0 Å². The maximum Gasteiger partial charge on any atom is 0.0789 e. The van der Waals surface area contributed by atoms with Crippen LogP contribution in [0.25, 0.3) is 0 Å². The Hall–Kier alpha value is -0.340. The highest BCUT2D eigenvalue weighted by Crippen LogP contribution is 2.45. The minimum Gasteiger partial charge on any atom is -0.376 e. The van der Waals surface area contributed by atoms with Crippen molar-refractivity contribution in [3.05, 3.63) is 12.7 Å². The molecule has 0 aromatic rings. The summed E-state index contributed by atoms with van der Waals surface area (Å²) in [6.45, 7) is 6.81. The molecule has 2 heteroatoms. The van der Waals surface area contributed by atoms with Gasteiger partial charge in [0, 0.05) is 6.61 Å². The van der Waals surface area contributed by atoms with Crippen molar-refractivity contribution in [1.29, 1.82) is 0 Å². The van der Waals surface area contributed by atoms with Crippen molar-refractivity contribution in [3.63, 3.8) is 0 Å². The number of hydrogen-bond acceptors (Lipinski definition) is 2. The zero-order chi connectivity index (χ0) is 9.47. The molecule has 13 heavy (non-hydrogen) atoms. The summed E-state index contributed by atoms with van der Waals surface area (Å²) in [7, 11) is 0. The van der Waals surface area contributed by atoms with Gasteiger partial charge in [-0.15, -0.1) is 6.58 Å². The predicted octanol–water partition coefficient (Wildman–Crippen LogP) is 1.70. The van der Waals surface area contributed by atoms with E-state index in [9.17, 15) is 0 Å². The number of ether oxygens (including phenoxy) is 1. The van der Waals surface area contributed by atoms with Crippen LogP contribution in [0.3, 0.4) is 0 Å². The molecule has 2 rings (SSSR count). The number of rotatable bonds is 3. The fourth-order valence-electron chi connectivity index (χ4n) is 2.34. The summed E-state index contributed by atoms with van der Waals surface area (Å²) < 4.78 is 5.74. The van der Waals surface area contributed by atoms with E-state index in [2.05, 4.69) is 13.5 Å². The maximum absolute atomic E-state index is 6.40. The van der Waals surface area contributed by atoms with E-state index in [1.165, 1.54) is 12.8 Å². The number of hydrogen-bond donors (Lipinski definition) is 1. The van der Waals surface area contributed by atoms with Gasteiger partial charge in [-0.25, -0.2) is 0 Å². The van der Waals surface area contributed by atoms with E-state index in [-0.39, 0.29) is 5.54 Å². The normalized spacial score (nSPS) is 41.8. The van der Waals surface area contributed by atoms with Crippen molar-refractivity contribution >= 4 is 0 Å². The molecule has 1 saturated heterocycles. The van der Waals surface area contributed by atoms with Crippen molar-refractivity contribution < 1.29 is 4.74 Å². The minimum absolute atomic E-state index is 0.136. The smallest absolute Gasteiger partial charge is 0.0789 e. The van der Waals surface area contributed by atoms with Gasteiger partial charge in [0.05, 0.1) is 11.6 Å². The molecule has 0 radical (unpaired) electrons. The average molecular weight is 181 g/mol. The Balaban J connectivity index is 2.13. The quantitative estimate of drug-likeness (QED) is 0.673. The van der Waals surface area contributed by atoms with Crippen LogP contribution in [0.1, 0.15) is 26.2 Å². The summed E-state index contributed by atoms with van der Waals surface area (Å²) in [6, 6.07) is 0. The van der Waals surface area contributed by atoms with Crippen LogP contribution in [0.4, 0.5) is 0 Å². The third-order valence-electron chi connectivity index (χ3n) is 3.61. The van der Waals surface area contributed by atoms with Gasteiger partial charge in [-0.05, 0) is 31.1 Å². The molecule has 0 amide bonds. The minimum atomic E-state index is -0.136. The molecule has 3 unspecified atom stereocenters. The van der Waals surface area contributed by atoms with E-state index in [0.29, 0.717) is 12.0 Å². The maximum atomic E-state index is 6.40. The molecule has 0 aromatic carbocycles. The molecule has 2 N–H and O–H groups in total. The SMILES string of the molecule is C=CC(C)C1(N)CCOC1C1CC1. The van der Waals surface area contributed by atoms with Crippen molar-refractivity contribution in [2.45, 2.75) is 37.8 Å². The van der Waals surface area contributed by atoms with Gasteiger partial charge in [0.2, 0.25) is 0 Å². The lowest BCUT2D eigenvalue weighted by Gasteiger charge is -2.34. The van der Waals surface area contributed by atoms with E-state index < -0.39 is 0 Å². The van der Waals surface area contributed by atoms with Gasteiger partial charge in [-0.3, -0.25) is 0 Å². The molecule has 1 aliphatic carbocycles. The molecule has 0 bridgehead atoms. The fourth-order valence-corrected chi connectivity index (χ4v) is 2.34. The second-order valence-electron chi connectivity index (χ2n) is 4.52. The molecule has 1 aliphatic heterocycles. The third kappa shape index (κ3) is 1.42. The van der Waals surface area contributed by atoms with Gasteiger partial charge in [-0.1, -0.05) is 13.0 Å². The molecular formula is C11H19NO. The van der Waals surface area contributed by atoms with Crippen LogP contribution in [-0.4, -0.2) is 18.2 Å². The predicted molar refractivity (Wildman–Crippen MR) is 53.4 cm³/mol. The zero-order valence-electron chi connectivity index (χ0n) is 8.33. The van der Waals surface area contributed by atoms with Crippen LogP contribution in [0.2, 0.25) is 0 Å². The standard InChI is InChI=1S/C11H19NO/c1-3-8(2)11(12)6-7-13-10(11)9-4-5-9/h3,8-10H,1,4-7,12H2,2H3. The molecule has 2 nitrogen and oxygen atoms in total. The molecule has 1 heterocycles. The lowest BCUT2D eigenvalue weighted by Crippen LogP contribution is -2.53. The van der Waals surface area contributed by atoms with Crippen LogP contribution >= 0.6 is 0 Å². The Morgan fingerprint density at radius 3 is 2.85 bits per heavy atom. The van der Waals surface area contributed by atoms with E-state index >= 15 is 0 Å². The van der Waals surface area contributed by atoms with Crippen LogP contribution in [0.15, 0.2) is 12.7 Å². The second kappa shape index (κ2) is 3.10. The lowest BCUT2D eigenvalue weighted by molar-refractivity contribution is 0.0525. The van der Waals surface area contributed by atoms with Crippen molar-refractivity contribution in [2.75, 3.05) is 6.61 Å². The van der Waals surface area contributed by atoms with Gasteiger partial charge >= 0.3 is 0 Å². The van der Waals surface area contributed by atoms with E-state index in [1.807, 2.05) is 6.08 Å². The Bertz CT molecular complexity index is 212. The first-order valence-corrected chi connectivity index (χ1v) is 5.21. The third-order valence-corrected chi connectivity index (χ3v) is 3.61. The highest BCUT2D eigenvalue weighted by Gasteiger charge is 2.50. The van der Waals surface area contributed by atoms with E-state index in [4.69, 9.17) is 10.5 Å². The molecule has 2 aliphatic rings. The highest BCUT2D eigenvalue weighted by molar-refractivity contribution is 5.09. The molecular weight excluding hydrogens is 162 g/mol. The highest BCUT2D eigenvalue weighted by atomic mass is 16.5. The zero-order valence-corrected chi connectivity index (χ0v) is 8.33. The average Bonchev–Trinajstić information content (AvgIpc) is 2.89. The summed E-state index contributed by atoms with van der Waals surface area (Å²) in [4.78, 5) is 0. The summed E-state index contributed by atoms with van der Waals surface area (Å²) in [5.74, 6) is 1.09. The van der Waals surface area contributed by atoms with Gasteiger partial charge in [0.15, 0.2) is 0 Å². The van der Waals surface area contributed by atoms with Crippen LogP contribution < -0.4 is 5.73 Å². The summed E-state index contributed by atoms with van der Waals surface area (Å²) in [5.41, 5.74) is 6.27. The fraction of sp³-hybridized carbons (Fsp3) is 0.818. The first-order chi connectivity index (χ1) is 6.18. The molecule has 74 valence electrons. The largest absolute Gasteiger partial charge is 0.376 e. The van der Waals surface area contributed by atoms with Crippen LogP contribution in [0.5, 0.6) is 0 Å². The van der Waals surface area contributed by atoms with Crippen molar-refractivity contribution in [1.82, 2.24) is 0 Å². The van der Waals surface area contributed by atoms with Gasteiger partial charge < -0.3 is 10.5 Å². The molecule has 2 fully saturated rings. The topological polar surface area (TPSA) is 35.2 Å².